The average Bonchev–Trinajstić information content (AvgIpc) is 3.20. The third-order valence-electron chi connectivity index (χ3n) is 6.09. The molecule has 2 aliphatic heterocycles. The van der Waals surface area contributed by atoms with Crippen molar-refractivity contribution in [1.29, 1.82) is 0 Å². The molecule has 27 heavy (non-hydrogen) atoms. The van der Waals surface area contributed by atoms with Gasteiger partial charge in [-0.25, -0.2) is 8.78 Å². The molecular weight excluding hydrogens is 350 g/mol. The molecule has 2 bridgehead atoms. The van der Waals surface area contributed by atoms with E-state index in [0.29, 0.717) is 11.1 Å². The number of amides is 2. The van der Waals surface area contributed by atoms with Crippen LogP contribution in [0.15, 0.2) is 60.7 Å². The number of benzene rings is 2. The summed E-state index contributed by atoms with van der Waals surface area (Å²) in [5.74, 6) is -4.81. The van der Waals surface area contributed by atoms with Crippen molar-refractivity contribution in [1.82, 2.24) is 9.80 Å². The van der Waals surface area contributed by atoms with E-state index in [9.17, 15) is 18.4 Å². The molecule has 1 saturated carbocycles. The summed E-state index contributed by atoms with van der Waals surface area (Å²) in [4.78, 5) is 29.0. The molecule has 0 radical (unpaired) electrons. The third kappa shape index (κ3) is 2.32. The average molecular weight is 368 g/mol. The van der Waals surface area contributed by atoms with Crippen LogP contribution in [0.3, 0.4) is 0 Å². The van der Waals surface area contributed by atoms with Gasteiger partial charge in [0.25, 0.3) is 17.7 Å². The Kier molecular flexibility index (Phi) is 3.41. The second-order valence-electron chi connectivity index (χ2n) is 7.52. The van der Waals surface area contributed by atoms with E-state index in [-0.39, 0.29) is 24.9 Å². The number of nitrogens with zero attached hydrogens (tertiary/aromatic N) is 2. The van der Waals surface area contributed by atoms with Crippen molar-refractivity contribution in [3.63, 3.8) is 0 Å². The van der Waals surface area contributed by atoms with Gasteiger partial charge in [0.05, 0.1) is 23.9 Å². The molecule has 0 unspecified atom stereocenters. The molecule has 6 heteroatoms. The fourth-order valence-corrected chi connectivity index (χ4v) is 4.85. The zero-order valence-corrected chi connectivity index (χ0v) is 14.5. The molecule has 138 valence electrons. The summed E-state index contributed by atoms with van der Waals surface area (Å²) in [6.07, 6.45) is 0. The van der Waals surface area contributed by atoms with Crippen LogP contribution in [0.2, 0.25) is 0 Å². The summed E-state index contributed by atoms with van der Waals surface area (Å²) in [5, 5.41) is 0. The molecule has 3 aliphatic rings. The van der Waals surface area contributed by atoms with E-state index in [1.165, 1.54) is 0 Å². The molecule has 3 fully saturated rings. The maximum atomic E-state index is 14.2. The number of hydrogen-bond acceptors (Lipinski definition) is 2. The molecular formula is C21H18F2N2O2. The lowest BCUT2D eigenvalue weighted by Gasteiger charge is -2.44. The smallest absolute Gasteiger partial charge is 0.258 e. The quantitative estimate of drug-likeness (QED) is 0.818. The Balaban J connectivity index is 1.44. The van der Waals surface area contributed by atoms with Gasteiger partial charge in [0.2, 0.25) is 0 Å². The predicted molar refractivity (Wildman–Crippen MR) is 94.5 cm³/mol. The van der Waals surface area contributed by atoms with E-state index in [1.807, 2.05) is 12.1 Å². The number of fused-ring (bicyclic) bond motifs is 5. The van der Waals surface area contributed by atoms with Crippen LogP contribution in [0.4, 0.5) is 8.78 Å². The van der Waals surface area contributed by atoms with E-state index in [0.717, 1.165) is 0 Å². The van der Waals surface area contributed by atoms with Crippen LogP contribution < -0.4 is 0 Å². The first-order chi connectivity index (χ1) is 13.0. The van der Waals surface area contributed by atoms with E-state index in [4.69, 9.17) is 0 Å². The number of piperidine rings is 1. The zero-order chi connectivity index (χ0) is 18.8. The normalized spacial score (nSPS) is 30.0. The molecule has 0 spiro atoms. The molecule has 4 nitrogen and oxygen atoms in total. The number of piperazine rings is 1. The van der Waals surface area contributed by atoms with Gasteiger partial charge in [-0.1, -0.05) is 36.4 Å². The number of alkyl halides is 2. The summed E-state index contributed by atoms with van der Waals surface area (Å²) < 4.78 is 28.4. The Morgan fingerprint density at radius 3 is 1.70 bits per heavy atom. The third-order valence-corrected chi connectivity index (χ3v) is 6.09. The van der Waals surface area contributed by atoms with Crippen molar-refractivity contribution >= 4 is 11.8 Å². The van der Waals surface area contributed by atoms with E-state index in [1.54, 1.807) is 58.3 Å². The SMILES string of the molecule is O=C(c1ccccc1)N1C[C@@H]2[C@@H]3[C@H]([C@H](C1)N2C(=O)c1ccccc1)C3(F)F. The number of carbonyl (C=O) groups is 2. The highest BCUT2D eigenvalue weighted by Crippen LogP contribution is 2.66. The minimum atomic E-state index is -2.73. The molecule has 0 aromatic heterocycles. The van der Waals surface area contributed by atoms with E-state index < -0.39 is 29.8 Å². The largest absolute Gasteiger partial charge is 0.334 e. The van der Waals surface area contributed by atoms with Crippen molar-refractivity contribution in [3.8, 4) is 0 Å². The molecule has 1 aliphatic carbocycles. The Morgan fingerprint density at radius 1 is 0.778 bits per heavy atom. The predicted octanol–water partition coefficient (Wildman–Crippen LogP) is 2.92. The Morgan fingerprint density at radius 2 is 1.22 bits per heavy atom. The fourth-order valence-electron chi connectivity index (χ4n) is 4.85. The van der Waals surface area contributed by atoms with Gasteiger partial charge in [0, 0.05) is 24.2 Å². The molecule has 2 heterocycles. The molecule has 2 saturated heterocycles. The molecule has 4 atom stereocenters. The Labute approximate surface area is 155 Å². The van der Waals surface area contributed by atoms with Gasteiger partial charge in [-0.05, 0) is 24.3 Å². The number of likely N-dealkylation sites (tertiary alicyclic amines) is 1. The zero-order valence-electron chi connectivity index (χ0n) is 14.5. The molecule has 2 amide bonds. The summed E-state index contributed by atoms with van der Waals surface area (Å²) in [6.45, 7) is 0.305. The molecule has 2 aromatic carbocycles. The van der Waals surface area contributed by atoms with Crippen LogP contribution in [0.5, 0.6) is 0 Å². The van der Waals surface area contributed by atoms with Crippen molar-refractivity contribution in [2.24, 2.45) is 11.8 Å². The Bertz CT molecular complexity index is 881. The number of rotatable bonds is 2. The van der Waals surface area contributed by atoms with Crippen molar-refractivity contribution in [2.45, 2.75) is 18.0 Å². The van der Waals surface area contributed by atoms with Crippen LogP contribution in [0.1, 0.15) is 20.7 Å². The highest BCUT2D eigenvalue weighted by atomic mass is 19.3. The van der Waals surface area contributed by atoms with Crippen molar-refractivity contribution in [2.75, 3.05) is 13.1 Å². The number of halogens is 2. The topological polar surface area (TPSA) is 40.6 Å². The van der Waals surface area contributed by atoms with Gasteiger partial charge in [-0.3, -0.25) is 9.59 Å². The van der Waals surface area contributed by atoms with Crippen LogP contribution in [-0.2, 0) is 0 Å². The van der Waals surface area contributed by atoms with Gasteiger partial charge in [0.15, 0.2) is 0 Å². The lowest BCUT2D eigenvalue weighted by molar-refractivity contribution is -0.0206. The minimum absolute atomic E-state index is 0.152. The van der Waals surface area contributed by atoms with Crippen LogP contribution >= 0.6 is 0 Å². The molecule has 5 rings (SSSR count). The first kappa shape index (κ1) is 16.4. The monoisotopic (exact) mass is 368 g/mol. The Hall–Kier alpha value is -2.76. The maximum absolute atomic E-state index is 14.2. The van der Waals surface area contributed by atoms with Gasteiger partial charge >= 0.3 is 0 Å². The van der Waals surface area contributed by atoms with E-state index >= 15 is 0 Å². The molecule has 0 N–H and O–H groups in total. The lowest BCUT2D eigenvalue weighted by Crippen LogP contribution is -2.61. The second-order valence-corrected chi connectivity index (χ2v) is 7.52. The maximum Gasteiger partial charge on any atom is 0.258 e. The summed E-state index contributed by atoms with van der Waals surface area (Å²) >= 11 is 0. The summed E-state index contributed by atoms with van der Waals surface area (Å²) in [5.41, 5.74) is 1.04. The van der Waals surface area contributed by atoms with Crippen LogP contribution in [0.25, 0.3) is 0 Å². The van der Waals surface area contributed by atoms with Gasteiger partial charge < -0.3 is 9.80 Å². The highest BCUT2D eigenvalue weighted by molar-refractivity contribution is 5.97. The molecule has 2 aromatic rings. The summed E-state index contributed by atoms with van der Waals surface area (Å²) in [7, 11) is 0. The fraction of sp³-hybridized carbons (Fsp3) is 0.333. The van der Waals surface area contributed by atoms with Crippen molar-refractivity contribution in [3.05, 3.63) is 71.8 Å². The van der Waals surface area contributed by atoms with Crippen LogP contribution in [-0.4, -0.2) is 52.7 Å². The van der Waals surface area contributed by atoms with Crippen molar-refractivity contribution < 1.29 is 18.4 Å². The summed E-state index contributed by atoms with van der Waals surface area (Å²) in [6, 6.07) is 16.3. The minimum Gasteiger partial charge on any atom is -0.334 e. The first-order valence-corrected chi connectivity index (χ1v) is 9.10. The van der Waals surface area contributed by atoms with Crippen LogP contribution in [0, 0.1) is 11.8 Å². The number of carbonyl (C=O) groups excluding carboxylic acids is 2. The standard InChI is InChI=1S/C21H18F2N2O2/c22-21(23)17-15-11-24(19(26)13-7-3-1-4-8-13)12-16(18(17)21)25(15)20(27)14-9-5-2-6-10-14/h1-10,15-18H,11-12H2/t15-,16+,17-,18+. The highest BCUT2D eigenvalue weighted by Gasteiger charge is 2.81. The second kappa shape index (κ2) is 5.62. The van der Waals surface area contributed by atoms with E-state index in [2.05, 4.69) is 0 Å². The first-order valence-electron chi connectivity index (χ1n) is 9.10. The van der Waals surface area contributed by atoms with Gasteiger partial charge in [-0.15, -0.1) is 0 Å². The van der Waals surface area contributed by atoms with Gasteiger partial charge in [-0.2, -0.15) is 0 Å². The lowest BCUT2D eigenvalue weighted by atomic mass is 10.0. The number of hydrogen-bond donors (Lipinski definition) is 0. The van der Waals surface area contributed by atoms with Gasteiger partial charge in [0.1, 0.15) is 0 Å².